The molecule has 3 rings (SSSR count). The number of anilines is 3. The van der Waals surface area contributed by atoms with Crippen molar-refractivity contribution < 1.29 is 4.63 Å². The van der Waals surface area contributed by atoms with Gasteiger partial charge >= 0.3 is 0 Å². The highest BCUT2D eigenvalue weighted by atomic mass is 16.6. The number of aromatic nitrogens is 2. The summed E-state index contributed by atoms with van der Waals surface area (Å²) in [5, 5.41) is 11.1. The number of hydrogen-bond donors (Lipinski definition) is 2. The molecule has 0 saturated heterocycles. The van der Waals surface area contributed by atoms with Crippen LogP contribution in [0.1, 0.15) is 25.3 Å². The number of rotatable bonds is 3. The molecule has 0 saturated carbocycles. The first-order valence-electron chi connectivity index (χ1n) is 6.53. The van der Waals surface area contributed by atoms with E-state index < -0.39 is 0 Å². The molecule has 20 heavy (non-hydrogen) atoms. The second-order valence-electron chi connectivity index (χ2n) is 5.07. The van der Waals surface area contributed by atoms with Gasteiger partial charge in [-0.3, -0.25) is 0 Å². The van der Waals surface area contributed by atoms with Crippen LogP contribution in [0.3, 0.4) is 0 Å². The molecule has 0 aliphatic carbocycles. The number of nitrogen functional groups attached to an aromatic ring is 1. The number of nitrogens with two attached hydrogens (primary N) is 1. The van der Waals surface area contributed by atoms with Crippen LogP contribution in [0.4, 0.5) is 17.1 Å². The molecule has 0 atom stereocenters. The first kappa shape index (κ1) is 12.5. The van der Waals surface area contributed by atoms with E-state index in [1.54, 1.807) is 6.07 Å². The first-order valence-corrected chi connectivity index (χ1v) is 6.53. The van der Waals surface area contributed by atoms with Gasteiger partial charge in [-0.25, -0.2) is 4.63 Å². The van der Waals surface area contributed by atoms with Gasteiger partial charge in [0, 0.05) is 5.69 Å². The van der Waals surface area contributed by atoms with Crippen molar-refractivity contribution in [1.29, 1.82) is 0 Å². The van der Waals surface area contributed by atoms with E-state index in [2.05, 4.69) is 41.6 Å². The molecular weight excluding hydrogens is 252 g/mol. The fourth-order valence-electron chi connectivity index (χ4n) is 2.12. The van der Waals surface area contributed by atoms with Gasteiger partial charge in [-0.05, 0) is 46.1 Å². The number of hydrogen-bond acceptors (Lipinski definition) is 5. The normalized spacial score (nSPS) is 11.2. The first-order chi connectivity index (χ1) is 9.65. The quantitative estimate of drug-likeness (QED) is 0.709. The van der Waals surface area contributed by atoms with E-state index in [0.29, 0.717) is 22.6 Å². The molecule has 0 aliphatic heterocycles. The Morgan fingerprint density at radius 2 is 1.90 bits per heavy atom. The topological polar surface area (TPSA) is 77.0 Å². The lowest BCUT2D eigenvalue weighted by molar-refractivity contribution is 0.316. The molecule has 0 amide bonds. The predicted octanol–water partition coefficient (Wildman–Crippen LogP) is 3.67. The minimum Gasteiger partial charge on any atom is -0.397 e. The summed E-state index contributed by atoms with van der Waals surface area (Å²) in [7, 11) is 0. The summed E-state index contributed by atoms with van der Waals surface area (Å²) < 4.78 is 4.77. The molecule has 2 aromatic carbocycles. The maximum absolute atomic E-state index is 5.84. The second-order valence-corrected chi connectivity index (χ2v) is 5.07. The molecule has 0 unspecified atom stereocenters. The fourth-order valence-corrected chi connectivity index (χ4v) is 2.12. The largest absolute Gasteiger partial charge is 0.397 e. The van der Waals surface area contributed by atoms with Gasteiger partial charge in [0.05, 0.1) is 11.4 Å². The van der Waals surface area contributed by atoms with Crippen molar-refractivity contribution in [2.75, 3.05) is 11.1 Å². The monoisotopic (exact) mass is 268 g/mol. The molecule has 5 nitrogen and oxygen atoms in total. The van der Waals surface area contributed by atoms with Crippen LogP contribution in [-0.4, -0.2) is 10.3 Å². The molecule has 0 spiro atoms. The summed E-state index contributed by atoms with van der Waals surface area (Å²) in [6, 6.07) is 12.0. The van der Waals surface area contributed by atoms with Crippen molar-refractivity contribution in [2.24, 2.45) is 0 Å². The Labute approximate surface area is 116 Å². The third-order valence-electron chi connectivity index (χ3n) is 3.28. The molecule has 3 aromatic rings. The van der Waals surface area contributed by atoms with Crippen molar-refractivity contribution in [3.63, 3.8) is 0 Å². The molecular formula is C15H16N4O. The number of benzene rings is 2. The zero-order chi connectivity index (χ0) is 14.1. The van der Waals surface area contributed by atoms with E-state index in [9.17, 15) is 0 Å². The Morgan fingerprint density at radius 3 is 2.70 bits per heavy atom. The van der Waals surface area contributed by atoms with Gasteiger partial charge in [0.25, 0.3) is 0 Å². The van der Waals surface area contributed by atoms with Gasteiger partial charge in [-0.1, -0.05) is 26.0 Å². The molecule has 0 aliphatic rings. The van der Waals surface area contributed by atoms with Crippen molar-refractivity contribution in [2.45, 2.75) is 19.8 Å². The summed E-state index contributed by atoms with van der Waals surface area (Å²) in [5.41, 5.74) is 10.7. The lowest BCUT2D eigenvalue weighted by atomic mass is 10.0. The van der Waals surface area contributed by atoms with E-state index in [4.69, 9.17) is 10.4 Å². The van der Waals surface area contributed by atoms with Crippen LogP contribution in [0.25, 0.3) is 11.0 Å². The Bertz CT molecular complexity index is 748. The van der Waals surface area contributed by atoms with Gasteiger partial charge < -0.3 is 11.1 Å². The average molecular weight is 268 g/mol. The molecule has 0 radical (unpaired) electrons. The van der Waals surface area contributed by atoms with Crippen molar-refractivity contribution in [3.8, 4) is 0 Å². The Hall–Kier alpha value is -2.56. The number of nitrogens with zero attached hydrogens (tertiary/aromatic N) is 2. The average Bonchev–Trinajstić information content (AvgIpc) is 2.93. The van der Waals surface area contributed by atoms with Crippen LogP contribution in [0.5, 0.6) is 0 Å². The van der Waals surface area contributed by atoms with E-state index in [1.807, 2.05) is 18.2 Å². The molecule has 3 N–H and O–H groups in total. The third kappa shape index (κ3) is 2.18. The van der Waals surface area contributed by atoms with Crippen LogP contribution in [0, 0.1) is 0 Å². The van der Waals surface area contributed by atoms with Crippen molar-refractivity contribution >= 4 is 28.1 Å². The maximum atomic E-state index is 5.84. The van der Waals surface area contributed by atoms with Crippen molar-refractivity contribution in [3.05, 3.63) is 42.0 Å². The molecule has 1 aromatic heterocycles. The van der Waals surface area contributed by atoms with E-state index in [1.165, 1.54) is 5.56 Å². The summed E-state index contributed by atoms with van der Waals surface area (Å²) in [5.74, 6) is 0.483. The standard InChI is InChI=1S/C15H16N4O/c1-9(2)10-4-3-5-11(8-10)17-13-7-6-12(16)14-15(13)19-20-18-14/h3-9,17H,16H2,1-2H3. The molecule has 1 heterocycles. The second kappa shape index (κ2) is 4.85. The Kier molecular flexibility index (Phi) is 3.02. The van der Waals surface area contributed by atoms with E-state index in [0.717, 1.165) is 11.4 Å². The van der Waals surface area contributed by atoms with Gasteiger partial charge in [0.1, 0.15) is 0 Å². The molecule has 5 heteroatoms. The minimum absolute atomic E-state index is 0.483. The van der Waals surface area contributed by atoms with Crippen LogP contribution in [0.2, 0.25) is 0 Å². The highest BCUT2D eigenvalue weighted by molar-refractivity contribution is 5.96. The molecule has 102 valence electrons. The highest BCUT2D eigenvalue weighted by Crippen LogP contribution is 2.28. The van der Waals surface area contributed by atoms with Gasteiger partial charge in [0.15, 0.2) is 11.0 Å². The Morgan fingerprint density at radius 1 is 1.10 bits per heavy atom. The molecule has 0 fully saturated rings. The smallest absolute Gasteiger partial charge is 0.160 e. The van der Waals surface area contributed by atoms with Crippen molar-refractivity contribution in [1.82, 2.24) is 10.3 Å². The fraction of sp³-hybridized carbons (Fsp3) is 0.200. The van der Waals surface area contributed by atoms with E-state index >= 15 is 0 Å². The van der Waals surface area contributed by atoms with E-state index in [-0.39, 0.29) is 0 Å². The highest BCUT2D eigenvalue weighted by Gasteiger charge is 2.10. The lowest BCUT2D eigenvalue weighted by Crippen LogP contribution is -1.95. The number of fused-ring (bicyclic) bond motifs is 1. The number of nitrogens with one attached hydrogen (secondary N) is 1. The summed E-state index contributed by atoms with van der Waals surface area (Å²) in [4.78, 5) is 0. The zero-order valence-corrected chi connectivity index (χ0v) is 11.4. The zero-order valence-electron chi connectivity index (χ0n) is 11.4. The third-order valence-corrected chi connectivity index (χ3v) is 3.28. The van der Waals surface area contributed by atoms with Crippen LogP contribution in [-0.2, 0) is 0 Å². The Balaban J connectivity index is 1.99. The molecule has 0 bridgehead atoms. The van der Waals surface area contributed by atoms with Gasteiger partial charge in [-0.2, -0.15) is 0 Å². The maximum Gasteiger partial charge on any atom is 0.160 e. The SMILES string of the molecule is CC(C)c1cccc(Nc2ccc(N)c3nonc23)c1. The summed E-state index contributed by atoms with van der Waals surface area (Å²) >= 11 is 0. The van der Waals surface area contributed by atoms with Gasteiger partial charge in [0.2, 0.25) is 0 Å². The minimum atomic E-state index is 0.483. The predicted molar refractivity (Wildman–Crippen MR) is 80.0 cm³/mol. The van der Waals surface area contributed by atoms with Crippen LogP contribution < -0.4 is 11.1 Å². The summed E-state index contributed by atoms with van der Waals surface area (Å²) in [6.07, 6.45) is 0. The van der Waals surface area contributed by atoms with Gasteiger partial charge in [-0.15, -0.1) is 0 Å². The van der Waals surface area contributed by atoms with Crippen LogP contribution >= 0.6 is 0 Å². The van der Waals surface area contributed by atoms with Crippen LogP contribution in [0.15, 0.2) is 41.0 Å². The lowest BCUT2D eigenvalue weighted by Gasteiger charge is -2.10. The summed E-state index contributed by atoms with van der Waals surface area (Å²) in [6.45, 7) is 4.34.